The first-order valence-corrected chi connectivity index (χ1v) is 9.19. The molecule has 0 radical (unpaired) electrons. The Labute approximate surface area is 133 Å². The third-order valence-electron chi connectivity index (χ3n) is 3.41. The molecular weight excluding hydrogens is 324 g/mol. The number of nitrogens with zero attached hydrogens (tertiary/aromatic N) is 1. The highest BCUT2D eigenvalue weighted by Gasteiger charge is 2.29. The van der Waals surface area contributed by atoms with Crippen LogP contribution >= 0.6 is 11.3 Å². The molecule has 2 aromatic rings. The SMILES string of the molecule is CCN(C(C)Cc1ccsc1)S(=O)(=O)c1c[nH]c(C(=O)O)c1. The molecule has 0 bridgehead atoms. The van der Waals surface area contributed by atoms with Gasteiger partial charge in [-0.05, 0) is 41.8 Å². The molecule has 0 spiro atoms. The molecule has 1 atom stereocenters. The van der Waals surface area contributed by atoms with E-state index in [1.165, 1.54) is 10.5 Å². The molecule has 1 unspecified atom stereocenters. The number of likely N-dealkylation sites (N-methyl/N-ethyl adjacent to an activating group) is 1. The predicted molar refractivity (Wildman–Crippen MR) is 84.8 cm³/mol. The highest BCUT2D eigenvalue weighted by molar-refractivity contribution is 7.89. The third-order valence-corrected chi connectivity index (χ3v) is 6.21. The molecule has 22 heavy (non-hydrogen) atoms. The number of hydrogen-bond donors (Lipinski definition) is 2. The van der Waals surface area contributed by atoms with Gasteiger partial charge in [-0.1, -0.05) is 6.92 Å². The molecular formula is C14H18N2O4S2. The second-order valence-electron chi connectivity index (χ2n) is 4.95. The van der Waals surface area contributed by atoms with Crippen LogP contribution in [0.2, 0.25) is 0 Å². The van der Waals surface area contributed by atoms with Gasteiger partial charge in [0.2, 0.25) is 10.0 Å². The highest BCUT2D eigenvalue weighted by atomic mass is 32.2. The number of nitrogens with one attached hydrogen (secondary N) is 1. The predicted octanol–water partition coefficient (Wildman–Crippen LogP) is 2.42. The van der Waals surface area contributed by atoms with Gasteiger partial charge < -0.3 is 10.1 Å². The van der Waals surface area contributed by atoms with E-state index in [1.807, 2.05) is 23.8 Å². The monoisotopic (exact) mass is 342 g/mol. The van der Waals surface area contributed by atoms with E-state index in [9.17, 15) is 13.2 Å². The van der Waals surface area contributed by atoms with Crippen LogP contribution in [0.4, 0.5) is 0 Å². The van der Waals surface area contributed by atoms with Crippen LogP contribution in [0.1, 0.15) is 29.9 Å². The average molecular weight is 342 g/mol. The van der Waals surface area contributed by atoms with Crippen molar-refractivity contribution >= 4 is 27.3 Å². The zero-order valence-electron chi connectivity index (χ0n) is 12.3. The number of rotatable bonds is 7. The third kappa shape index (κ3) is 3.40. The molecule has 2 N–H and O–H groups in total. The van der Waals surface area contributed by atoms with Crippen molar-refractivity contribution in [3.05, 3.63) is 40.3 Å². The molecule has 8 heteroatoms. The zero-order valence-corrected chi connectivity index (χ0v) is 13.9. The van der Waals surface area contributed by atoms with Gasteiger partial charge in [-0.2, -0.15) is 15.6 Å². The van der Waals surface area contributed by atoms with E-state index in [2.05, 4.69) is 4.98 Å². The van der Waals surface area contributed by atoms with Gasteiger partial charge in [0, 0.05) is 18.8 Å². The van der Waals surface area contributed by atoms with Crippen LogP contribution < -0.4 is 0 Å². The molecule has 2 heterocycles. The van der Waals surface area contributed by atoms with Crippen molar-refractivity contribution in [2.75, 3.05) is 6.54 Å². The Bertz CT molecular complexity index is 735. The van der Waals surface area contributed by atoms with Gasteiger partial charge in [0.05, 0.1) is 0 Å². The molecule has 0 aliphatic rings. The number of carboxylic acid groups (broad SMARTS) is 1. The van der Waals surface area contributed by atoms with Gasteiger partial charge in [-0.15, -0.1) is 0 Å². The first kappa shape index (κ1) is 16.7. The fourth-order valence-electron chi connectivity index (χ4n) is 2.35. The van der Waals surface area contributed by atoms with E-state index in [-0.39, 0.29) is 16.6 Å². The van der Waals surface area contributed by atoms with Crippen molar-refractivity contribution in [3.63, 3.8) is 0 Å². The first-order valence-electron chi connectivity index (χ1n) is 6.81. The second kappa shape index (κ2) is 6.64. The summed E-state index contributed by atoms with van der Waals surface area (Å²) in [5.41, 5.74) is 0.951. The molecule has 0 aromatic carbocycles. The number of thiophene rings is 1. The summed E-state index contributed by atoms with van der Waals surface area (Å²) in [4.78, 5) is 13.3. The fourth-order valence-corrected chi connectivity index (χ4v) is 4.67. The summed E-state index contributed by atoms with van der Waals surface area (Å²) in [6.45, 7) is 3.94. The van der Waals surface area contributed by atoms with Crippen molar-refractivity contribution in [3.8, 4) is 0 Å². The van der Waals surface area contributed by atoms with Gasteiger partial charge >= 0.3 is 5.97 Å². The first-order chi connectivity index (χ1) is 10.4. The number of aromatic carboxylic acids is 1. The van der Waals surface area contributed by atoms with E-state index in [0.717, 1.165) is 11.6 Å². The maximum atomic E-state index is 12.7. The Kier molecular flexibility index (Phi) is 5.05. The smallest absolute Gasteiger partial charge is 0.352 e. The van der Waals surface area contributed by atoms with Gasteiger partial charge in [-0.3, -0.25) is 0 Å². The summed E-state index contributed by atoms with van der Waals surface area (Å²) in [7, 11) is -3.72. The summed E-state index contributed by atoms with van der Waals surface area (Å²) in [5.74, 6) is -1.18. The zero-order chi connectivity index (χ0) is 16.3. The van der Waals surface area contributed by atoms with Crippen LogP contribution in [0, 0.1) is 0 Å². The fraction of sp³-hybridized carbons (Fsp3) is 0.357. The lowest BCUT2D eigenvalue weighted by atomic mass is 10.1. The van der Waals surface area contributed by atoms with E-state index >= 15 is 0 Å². The van der Waals surface area contributed by atoms with Crippen molar-refractivity contribution in [1.29, 1.82) is 0 Å². The standard InChI is InChI=1S/C14H18N2O4S2/c1-3-16(10(2)6-11-4-5-21-9-11)22(19,20)12-7-13(14(17)18)15-8-12/h4-5,7-10,15H,3,6H2,1-2H3,(H,17,18). The van der Waals surface area contributed by atoms with Crippen LogP contribution in [0.25, 0.3) is 0 Å². The van der Waals surface area contributed by atoms with Gasteiger partial charge in [0.15, 0.2) is 0 Å². The number of carbonyl (C=O) groups is 1. The number of carboxylic acids is 1. The molecule has 0 saturated carbocycles. The van der Waals surface area contributed by atoms with E-state index in [1.54, 1.807) is 18.3 Å². The number of aromatic nitrogens is 1. The summed E-state index contributed by atoms with van der Waals surface area (Å²) in [6.07, 6.45) is 1.84. The minimum Gasteiger partial charge on any atom is -0.477 e. The summed E-state index contributed by atoms with van der Waals surface area (Å²) >= 11 is 1.57. The number of aromatic amines is 1. The van der Waals surface area contributed by atoms with Crippen LogP contribution in [-0.4, -0.2) is 41.4 Å². The topological polar surface area (TPSA) is 90.5 Å². The Morgan fingerprint density at radius 1 is 1.50 bits per heavy atom. The maximum Gasteiger partial charge on any atom is 0.352 e. The van der Waals surface area contributed by atoms with Gasteiger partial charge in [0.25, 0.3) is 0 Å². The number of H-pyrrole nitrogens is 1. The quantitative estimate of drug-likeness (QED) is 0.808. The van der Waals surface area contributed by atoms with Crippen LogP contribution in [0.5, 0.6) is 0 Å². The Morgan fingerprint density at radius 2 is 2.23 bits per heavy atom. The van der Waals surface area contributed by atoms with Crippen LogP contribution in [0.15, 0.2) is 34.0 Å². The summed E-state index contributed by atoms with van der Waals surface area (Å²) in [6, 6.07) is 2.91. The minimum absolute atomic E-state index is 0.0241. The molecule has 6 nitrogen and oxygen atoms in total. The van der Waals surface area contributed by atoms with Gasteiger partial charge in [-0.25, -0.2) is 13.2 Å². The molecule has 0 fully saturated rings. The Morgan fingerprint density at radius 3 is 2.73 bits per heavy atom. The van der Waals surface area contributed by atoms with Crippen molar-refractivity contribution < 1.29 is 18.3 Å². The lowest BCUT2D eigenvalue weighted by Crippen LogP contribution is -2.39. The maximum absolute atomic E-state index is 12.7. The lowest BCUT2D eigenvalue weighted by Gasteiger charge is -2.26. The largest absolute Gasteiger partial charge is 0.477 e. The molecule has 2 aromatic heterocycles. The Hall–Kier alpha value is -1.64. The van der Waals surface area contributed by atoms with Gasteiger partial charge in [0.1, 0.15) is 10.6 Å². The summed E-state index contributed by atoms with van der Waals surface area (Å²) in [5, 5.41) is 12.9. The molecule has 0 aliphatic carbocycles. The second-order valence-corrected chi connectivity index (χ2v) is 7.62. The molecule has 0 amide bonds. The van der Waals surface area contributed by atoms with E-state index in [0.29, 0.717) is 13.0 Å². The molecule has 0 aliphatic heterocycles. The minimum atomic E-state index is -3.72. The normalized spacial score (nSPS) is 13.4. The van der Waals surface area contributed by atoms with E-state index < -0.39 is 16.0 Å². The molecule has 0 saturated heterocycles. The van der Waals surface area contributed by atoms with Crippen LogP contribution in [0.3, 0.4) is 0 Å². The molecule has 120 valence electrons. The van der Waals surface area contributed by atoms with Crippen molar-refractivity contribution in [2.45, 2.75) is 31.2 Å². The van der Waals surface area contributed by atoms with Crippen molar-refractivity contribution in [1.82, 2.24) is 9.29 Å². The number of sulfonamides is 1. The van der Waals surface area contributed by atoms with Crippen LogP contribution in [-0.2, 0) is 16.4 Å². The van der Waals surface area contributed by atoms with Crippen molar-refractivity contribution in [2.24, 2.45) is 0 Å². The lowest BCUT2D eigenvalue weighted by molar-refractivity contribution is 0.0691. The average Bonchev–Trinajstić information content (AvgIpc) is 3.09. The number of hydrogen-bond acceptors (Lipinski definition) is 4. The van der Waals surface area contributed by atoms with E-state index in [4.69, 9.17) is 5.11 Å². The molecule has 2 rings (SSSR count). The highest BCUT2D eigenvalue weighted by Crippen LogP contribution is 2.21. The summed E-state index contributed by atoms with van der Waals surface area (Å²) < 4.78 is 26.8. The Balaban J connectivity index is 2.25.